The molecule has 114 valence electrons. The van der Waals surface area contributed by atoms with E-state index in [0.717, 1.165) is 44.8 Å². The van der Waals surface area contributed by atoms with Crippen LogP contribution in [0.1, 0.15) is 25.5 Å². The van der Waals surface area contributed by atoms with Gasteiger partial charge in [-0.1, -0.05) is 12.1 Å². The van der Waals surface area contributed by atoms with Crippen LogP contribution in [0.2, 0.25) is 0 Å². The summed E-state index contributed by atoms with van der Waals surface area (Å²) in [6.07, 6.45) is 4.48. The van der Waals surface area contributed by atoms with Crippen molar-refractivity contribution in [1.29, 1.82) is 0 Å². The zero-order valence-corrected chi connectivity index (χ0v) is 12.9. The topological polar surface area (TPSA) is 49.2 Å². The van der Waals surface area contributed by atoms with Gasteiger partial charge < -0.3 is 15.1 Å². The molecule has 1 saturated heterocycles. The molecule has 2 rings (SSSR count). The van der Waals surface area contributed by atoms with Crippen LogP contribution in [0.25, 0.3) is 0 Å². The van der Waals surface area contributed by atoms with E-state index in [1.54, 1.807) is 0 Å². The quantitative estimate of drug-likeness (QED) is 0.733. The van der Waals surface area contributed by atoms with Gasteiger partial charge in [0.2, 0.25) is 0 Å². The summed E-state index contributed by atoms with van der Waals surface area (Å²) in [7, 11) is 2.20. The molecule has 6 nitrogen and oxygen atoms in total. The number of aromatic nitrogens is 3. The van der Waals surface area contributed by atoms with Gasteiger partial charge in [0.25, 0.3) is 0 Å². The van der Waals surface area contributed by atoms with Crippen LogP contribution in [0.15, 0.2) is 6.20 Å². The standard InChI is InChI=1S/C14H28N6/c1-3-5-15-12-14-13-20(17-16-14)11-10-19-7-4-6-18(2)8-9-19/h13,15H,3-12H2,1-2H3. The Bertz CT molecular complexity index is 377. The molecule has 0 aliphatic carbocycles. The highest BCUT2D eigenvalue weighted by molar-refractivity contribution is 4.91. The predicted molar refractivity (Wildman–Crippen MR) is 80.6 cm³/mol. The molecule has 0 saturated carbocycles. The average molecular weight is 280 g/mol. The van der Waals surface area contributed by atoms with Crippen LogP contribution in [0.4, 0.5) is 0 Å². The molecular formula is C14H28N6. The van der Waals surface area contributed by atoms with E-state index in [0.29, 0.717) is 0 Å². The SMILES string of the molecule is CCCNCc1cn(CCN2CCCN(C)CC2)nn1. The summed E-state index contributed by atoms with van der Waals surface area (Å²) in [6, 6.07) is 0. The monoisotopic (exact) mass is 280 g/mol. The molecule has 0 unspecified atom stereocenters. The molecule has 0 amide bonds. The lowest BCUT2D eigenvalue weighted by Gasteiger charge is -2.19. The molecule has 1 aliphatic rings. The first-order chi connectivity index (χ1) is 9.78. The predicted octanol–water partition coefficient (Wildman–Crippen LogP) is 0.415. The molecule has 0 radical (unpaired) electrons. The molecule has 1 aliphatic heterocycles. The van der Waals surface area contributed by atoms with Gasteiger partial charge in [-0.3, -0.25) is 4.68 Å². The molecule has 1 fully saturated rings. The van der Waals surface area contributed by atoms with Crippen molar-refractivity contribution >= 4 is 0 Å². The van der Waals surface area contributed by atoms with E-state index in [4.69, 9.17) is 0 Å². The third kappa shape index (κ3) is 5.19. The first-order valence-electron chi connectivity index (χ1n) is 7.78. The highest BCUT2D eigenvalue weighted by Gasteiger charge is 2.11. The van der Waals surface area contributed by atoms with E-state index in [-0.39, 0.29) is 0 Å². The van der Waals surface area contributed by atoms with Crippen LogP contribution in [0.5, 0.6) is 0 Å². The lowest BCUT2D eigenvalue weighted by molar-refractivity contribution is 0.262. The largest absolute Gasteiger partial charge is 0.311 e. The summed E-state index contributed by atoms with van der Waals surface area (Å²) in [4.78, 5) is 4.94. The molecule has 1 N–H and O–H groups in total. The van der Waals surface area contributed by atoms with E-state index in [9.17, 15) is 0 Å². The average Bonchev–Trinajstić information content (AvgIpc) is 2.79. The minimum atomic E-state index is 0.822. The van der Waals surface area contributed by atoms with Crippen molar-refractivity contribution in [3.8, 4) is 0 Å². The zero-order chi connectivity index (χ0) is 14.2. The van der Waals surface area contributed by atoms with Gasteiger partial charge >= 0.3 is 0 Å². The summed E-state index contributed by atoms with van der Waals surface area (Å²) >= 11 is 0. The number of hydrogen-bond acceptors (Lipinski definition) is 5. The van der Waals surface area contributed by atoms with E-state index >= 15 is 0 Å². The molecule has 2 heterocycles. The smallest absolute Gasteiger partial charge is 0.0964 e. The fourth-order valence-electron chi connectivity index (χ4n) is 2.49. The van der Waals surface area contributed by atoms with Crippen LogP contribution in [-0.2, 0) is 13.1 Å². The van der Waals surface area contributed by atoms with Crippen LogP contribution >= 0.6 is 0 Å². The molecule has 0 aromatic carbocycles. The van der Waals surface area contributed by atoms with E-state index < -0.39 is 0 Å². The Morgan fingerprint density at radius 3 is 2.95 bits per heavy atom. The van der Waals surface area contributed by atoms with E-state index in [2.05, 4.69) is 45.6 Å². The van der Waals surface area contributed by atoms with Gasteiger partial charge in [-0.25, -0.2) is 0 Å². The second kappa shape index (κ2) is 8.34. The summed E-state index contributed by atoms with van der Waals surface area (Å²) < 4.78 is 1.97. The summed E-state index contributed by atoms with van der Waals surface area (Å²) in [5.74, 6) is 0. The minimum absolute atomic E-state index is 0.822. The summed E-state index contributed by atoms with van der Waals surface area (Å²) in [5, 5.41) is 11.8. The van der Waals surface area contributed by atoms with Crippen LogP contribution in [0.3, 0.4) is 0 Å². The van der Waals surface area contributed by atoms with Gasteiger partial charge in [-0.15, -0.1) is 5.10 Å². The van der Waals surface area contributed by atoms with Gasteiger partial charge in [-0.05, 0) is 39.5 Å². The van der Waals surface area contributed by atoms with Crippen molar-refractivity contribution in [2.24, 2.45) is 0 Å². The highest BCUT2D eigenvalue weighted by atomic mass is 15.4. The van der Waals surface area contributed by atoms with Crippen molar-refractivity contribution in [2.75, 3.05) is 46.3 Å². The third-order valence-electron chi connectivity index (χ3n) is 3.78. The molecule has 0 bridgehead atoms. The fraction of sp³-hybridized carbons (Fsp3) is 0.857. The second-order valence-electron chi connectivity index (χ2n) is 5.65. The highest BCUT2D eigenvalue weighted by Crippen LogP contribution is 2.01. The Morgan fingerprint density at radius 1 is 1.20 bits per heavy atom. The van der Waals surface area contributed by atoms with Crippen molar-refractivity contribution in [2.45, 2.75) is 32.9 Å². The first kappa shape index (κ1) is 15.4. The molecule has 6 heteroatoms. The second-order valence-corrected chi connectivity index (χ2v) is 5.65. The van der Waals surface area contributed by atoms with Gasteiger partial charge in [-0.2, -0.15) is 0 Å². The van der Waals surface area contributed by atoms with Gasteiger partial charge in [0.1, 0.15) is 0 Å². The Kier molecular flexibility index (Phi) is 6.42. The van der Waals surface area contributed by atoms with Crippen LogP contribution < -0.4 is 5.32 Å². The van der Waals surface area contributed by atoms with Crippen molar-refractivity contribution in [1.82, 2.24) is 30.1 Å². The van der Waals surface area contributed by atoms with Crippen molar-refractivity contribution in [3.05, 3.63) is 11.9 Å². The molecule has 20 heavy (non-hydrogen) atoms. The van der Waals surface area contributed by atoms with Gasteiger partial charge in [0.15, 0.2) is 0 Å². The Morgan fingerprint density at radius 2 is 2.10 bits per heavy atom. The molecule has 0 spiro atoms. The summed E-state index contributed by atoms with van der Waals surface area (Å²) in [6.45, 7) is 10.8. The number of rotatable bonds is 7. The van der Waals surface area contributed by atoms with Crippen LogP contribution in [-0.4, -0.2) is 71.1 Å². The van der Waals surface area contributed by atoms with Crippen molar-refractivity contribution in [3.63, 3.8) is 0 Å². The number of likely N-dealkylation sites (N-methyl/N-ethyl adjacent to an activating group) is 1. The lowest BCUT2D eigenvalue weighted by Crippen LogP contribution is -2.31. The number of nitrogens with one attached hydrogen (secondary N) is 1. The molecule has 1 aromatic rings. The third-order valence-corrected chi connectivity index (χ3v) is 3.78. The zero-order valence-electron chi connectivity index (χ0n) is 12.9. The minimum Gasteiger partial charge on any atom is -0.311 e. The Balaban J connectivity index is 1.70. The fourth-order valence-corrected chi connectivity index (χ4v) is 2.49. The van der Waals surface area contributed by atoms with Crippen molar-refractivity contribution < 1.29 is 0 Å². The maximum Gasteiger partial charge on any atom is 0.0964 e. The normalized spacial score (nSPS) is 18.3. The van der Waals surface area contributed by atoms with Crippen LogP contribution in [0, 0.1) is 0 Å². The number of hydrogen-bond donors (Lipinski definition) is 1. The van der Waals surface area contributed by atoms with Gasteiger partial charge in [0, 0.05) is 32.4 Å². The molecular weight excluding hydrogens is 252 g/mol. The molecule has 0 atom stereocenters. The van der Waals surface area contributed by atoms with E-state index in [1.165, 1.54) is 26.1 Å². The molecule has 1 aromatic heterocycles. The first-order valence-corrected chi connectivity index (χ1v) is 7.78. The number of nitrogens with zero attached hydrogens (tertiary/aromatic N) is 5. The maximum absolute atomic E-state index is 4.21. The van der Waals surface area contributed by atoms with Gasteiger partial charge in [0.05, 0.1) is 12.2 Å². The Labute approximate surface area is 122 Å². The Hall–Kier alpha value is -0.980. The summed E-state index contributed by atoms with van der Waals surface area (Å²) in [5.41, 5.74) is 1.04. The lowest BCUT2D eigenvalue weighted by atomic mass is 10.4. The van der Waals surface area contributed by atoms with E-state index in [1.807, 2.05) is 4.68 Å². The maximum atomic E-state index is 4.21.